The van der Waals surface area contributed by atoms with Gasteiger partial charge in [-0.25, -0.2) is 4.98 Å². The second kappa shape index (κ2) is 7.21. The average molecular weight is 388 g/mol. The maximum atomic E-state index is 12.8. The second-order valence-corrected chi connectivity index (χ2v) is 7.77. The highest BCUT2D eigenvalue weighted by molar-refractivity contribution is 7.17. The van der Waals surface area contributed by atoms with E-state index in [1.54, 1.807) is 0 Å². The fourth-order valence-electron chi connectivity index (χ4n) is 3.28. The topological polar surface area (TPSA) is 55.2 Å². The van der Waals surface area contributed by atoms with Gasteiger partial charge < -0.3 is 4.90 Å². The molecule has 134 valence electrons. The summed E-state index contributed by atoms with van der Waals surface area (Å²) in [5, 5.41) is 2.60. The molecule has 1 aromatic carbocycles. The van der Waals surface area contributed by atoms with Gasteiger partial charge in [0.2, 0.25) is 5.91 Å². The molecule has 0 radical (unpaired) electrons. The van der Waals surface area contributed by atoms with Crippen LogP contribution in [0.2, 0.25) is 5.02 Å². The predicted octanol–water partition coefficient (Wildman–Crippen LogP) is 3.79. The molecule has 1 saturated heterocycles. The van der Waals surface area contributed by atoms with E-state index >= 15 is 0 Å². The Morgan fingerprint density at radius 3 is 2.62 bits per heavy atom. The molecular formula is C19H18ClN3O2S. The van der Waals surface area contributed by atoms with Crippen LogP contribution in [0.1, 0.15) is 19.3 Å². The monoisotopic (exact) mass is 387 g/mol. The van der Waals surface area contributed by atoms with Crippen molar-refractivity contribution in [1.82, 2.24) is 14.5 Å². The maximum absolute atomic E-state index is 12.8. The minimum Gasteiger partial charge on any atom is -0.341 e. The summed E-state index contributed by atoms with van der Waals surface area (Å²) in [6.45, 7) is 1.61. The molecule has 5 nitrogen and oxygen atoms in total. The third-order valence-electron chi connectivity index (χ3n) is 4.72. The molecule has 26 heavy (non-hydrogen) atoms. The summed E-state index contributed by atoms with van der Waals surface area (Å²) in [5.41, 5.74) is 2.39. The summed E-state index contributed by atoms with van der Waals surface area (Å²) < 4.78 is 1.99. The van der Waals surface area contributed by atoms with Gasteiger partial charge >= 0.3 is 0 Å². The first-order chi connectivity index (χ1) is 12.6. The zero-order chi connectivity index (χ0) is 18.1. The van der Waals surface area contributed by atoms with E-state index in [1.807, 2.05) is 34.5 Å². The molecule has 0 unspecified atom stereocenters. The fraction of sp³-hybridized carbons (Fsp3) is 0.316. The van der Waals surface area contributed by atoms with Gasteiger partial charge in [-0.05, 0) is 37.0 Å². The number of carbonyl (C=O) groups excluding carboxylic acids is 1. The number of thiophene rings is 1. The van der Waals surface area contributed by atoms with Gasteiger partial charge in [0, 0.05) is 29.1 Å². The van der Waals surface area contributed by atoms with Crippen LogP contribution in [-0.2, 0) is 11.3 Å². The van der Waals surface area contributed by atoms with Crippen LogP contribution < -0.4 is 5.56 Å². The van der Waals surface area contributed by atoms with Gasteiger partial charge in [0.1, 0.15) is 11.2 Å². The van der Waals surface area contributed by atoms with Gasteiger partial charge in [0.25, 0.3) is 5.56 Å². The van der Waals surface area contributed by atoms with Crippen molar-refractivity contribution in [3.8, 4) is 11.1 Å². The first-order valence-electron chi connectivity index (χ1n) is 8.64. The van der Waals surface area contributed by atoms with Gasteiger partial charge in [-0.15, -0.1) is 11.3 Å². The predicted molar refractivity (Wildman–Crippen MR) is 105 cm³/mol. The van der Waals surface area contributed by atoms with Crippen molar-refractivity contribution in [2.24, 2.45) is 0 Å². The number of nitrogens with zero attached hydrogens (tertiary/aromatic N) is 3. The summed E-state index contributed by atoms with van der Waals surface area (Å²) in [5.74, 6) is -0.0116. The number of hydrogen-bond donors (Lipinski definition) is 0. The Bertz CT molecular complexity index is 1000. The number of halogens is 1. The van der Waals surface area contributed by atoms with E-state index in [0.717, 1.165) is 37.1 Å². The Hall–Kier alpha value is -2.18. The van der Waals surface area contributed by atoms with Gasteiger partial charge in [-0.3, -0.25) is 14.2 Å². The van der Waals surface area contributed by atoms with Crippen LogP contribution in [0, 0.1) is 0 Å². The van der Waals surface area contributed by atoms with Crippen molar-refractivity contribution >= 4 is 39.1 Å². The third kappa shape index (κ3) is 3.27. The molecule has 4 rings (SSSR count). The van der Waals surface area contributed by atoms with Gasteiger partial charge in [-0.1, -0.05) is 23.7 Å². The highest BCUT2D eigenvalue weighted by Crippen LogP contribution is 2.31. The zero-order valence-electron chi connectivity index (χ0n) is 14.2. The standard InChI is InChI=1S/C19H18ClN3O2S/c20-14-6-4-13(5-7-14)15-11-26-18-17(15)21-12-23(19(18)25)10-16(24)22-8-2-1-3-9-22/h4-7,11-12H,1-3,8-10H2. The van der Waals surface area contributed by atoms with Crippen LogP contribution in [0.25, 0.3) is 21.3 Å². The summed E-state index contributed by atoms with van der Waals surface area (Å²) >= 11 is 7.31. The molecule has 1 aliphatic rings. The van der Waals surface area contributed by atoms with Crippen LogP contribution in [-0.4, -0.2) is 33.4 Å². The van der Waals surface area contributed by atoms with Crippen molar-refractivity contribution in [1.29, 1.82) is 0 Å². The molecule has 0 bridgehead atoms. The van der Waals surface area contributed by atoms with Gasteiger partial charge in [0.05, 0.1) is 11.8 Å². The molecule has 2 aromatic heterocycles. The van der Waals surface area contributed by atoms with E-state index in [0.29, 0.717) is 15.2 Å². The van der Waals surface area contributed by atoms with E-state index in [2.05, 4.69) is 4.98 Å². The number of piperidine rings is 1. The van der Waals surface area contributed by atoms with Crippen molar-refractivity contribution in [3.05, 3.63) is 51.3 Å². The zero-order valence-corrected chi connectivity index (χ0v) is 15.7. The first-order valence-corrected chi connectivity index (χ1v) is 9.89. The first kappa shape index (κ1) is 17.2. The maximum Gasteiger partial charge on any atom is 0.271 e. The van der Waals surface area contributed by atoms with Crippen molar-refractivity contribution in [2.75, 3.05) is 13.1 Å². The number of benzene rings is 1. The lowest BCUT2D eigenvalue weighted by Crippen LogP contribution is -2.39. The number of rotatable bonds is 3. The van der Waals surface area contributed by atoms with Crippen molar-refractivity contribution in [2.45, 2.75) is 25.8 Å². The Kier molecular flexibility index (Phi) is 4.78. The normalized spacial score (nSPS) is 14.7. The Labute approximate surface area is 159 Å². The summed E-state index contributed by atoms with van der Waals surface area (Å²) in [6.07, 6.45) is 4.72. The van der Waals surface area contributed by atoms with Crippen LogP contribution in [0.4, 0.5) is 0 Å². The summed E-state index contributed by atoms with van der Waals surface area (Å²) in [6, 6.07) is 7.46. The number of hydrogen-bond acceptors (Lipinski definition) is 4. The molecule has 0 spiro atoms. The molecule has 0 saturated carbocycles. The Morgan fingerprint density at radius 1 is 1.15 bits per heavy atom. The summed E-state index contributed by atoms with van der Waals surface area (Å²) in [7, 11) is 0. The van der Waals surface area contributed by atoms with E-state index < -0.39 is 0 Å². The van der Waals surface area contributed by atoms with Crippen LogP contribution in [0.3, 0.4) is 0 Å². The van der Waals surface area contributed by atoms with Crippen molar-refractivity contribution < 1.29 is 4.79 Å². The molecule has 0 N–H and O–H groups in total. The molecule has 7 heteroatoms. The number of fused-ring (bicyclic) bond motifs is 1. The molecule has 1 amide bonds. The second-order valence-electron chi connectivity index (χ2n) is 6.45. The lowest BCUT2D eigenvalue weighted by molar-refractivity contribution is -0.132. The Balaban J connectivity index is 1.64. The summed E-state index contributed by atoms with van der Waals surface area (Å²) in [4.78, 5) is 31.5. The fourth-order valence-corrected chi connectivity index (χ4v) is 4.38. The lowest BCUT2D eigenvalue weighted by atomic mass is 10.1. The highest BCUT2D eigenvalue weighted by Gasteiger charge is 2.19. The minimum atomic E-state index is -0.162. The highest BCUT2D eigenvalue weighted by atomic mass is 35.5. The van der Waals surface area contributed by atoms with Crippen LogP contribution in [0.5, 0.6) is 0 Å². The number of amides is 1. The van der Waals surface area contributed by atoms with Gasteiger partial charge in [-0.2, -0.15) is 0 Å². The quantitative estimate of drug-likeness (QED) is 0.687. The smallest absolute Gasteiger partial charge is 0.271 e. The molecule has 3 aromatic rings. The molecular weight excluding hydrogens is 370 g/mol. The molecule has 3 heterocycles. The number of aromatic nitrogens is 2. The average Bonchev–Trinajstić information content (AvgIpc) is 3.10. The SMILES string of the molecule is O=C(Cn1cnc2c(-c3ccc(Cl)cc3)csc2c1=O)N1CCCCC1. The van der Waals surface area contributed by atoms with E-state index in [1.165, 1.54) is 28.7 Å². The third-order valence-corrected chi connectivity index (χ3v) is 5.92. The largest absolute Gasteiger partial charge is 0.341 e. The van der Waals surface area contributed by atoms with E-state index in [9.17, 15) is 9.59 Å². The van der Waals surface area contributed by atoms with Crippen LogP contribution in [0.15, 0.2) is 40.8 Å². The number of likely N-dealkylation sites (tertiary alicyclic amines) is 1. The van der Waals surface area contributed by atoms with Crippen LogP contribution >= 0.6 is 22.9 Å². The molecule has 1 fully saturated rings. The molecule has 0 aliphatic carbocycles. The number of carbonyl (C=O) groups is 1. The van der Waals surface area contributed by atoms with E-state index in [4.69, 9.17) is 11.6 Å². The minimum absolute atomic E-state index is 0.0116. The molecule has 1 aliphatic heterocycles. The molecule has 0 atom stereocenters. The van der Waals surface area contributed by atoms with E-state index in [-0.39, 0.29) is 18.0 Å². The van der Waals surface area contributed by atoms with Gasteiger partial charge in [0.15, 0.2) is 0 Å². The lowest BCUT2D eigenvalue weighted by Gasteiger charge is -2.26. The van der Waals surface area contributed by atoms with Crippen molar-refractivity contribution in [3.63, 3.8) is 0 Å². The Morgan fingerprint density at radius 2 is 1.88 bits per heavy atom.